The van der Waals surface area contributed by atoms with Crippen molar-refractivity contribution < 1.29 is 24.2 Å². The molecule has 1 aliphatic heterocycles. The maximum absolute atomic E-state index is 11.2. The van der Waals surface area contributed by atoms with Gasteiger partial charge in [-0.3, -0.25) is 0 Å². The number of hydrogen-bond acceptors (Lipinski definition) is 5. The molecule has 2 aliphatic rings. The molecular weight excluding hydrogens is 310 g/mol. The molecule has 1 saturated carbocycles. The van der Waals surface area contributed by atoms with Gasteiger partial charge in [0.1, 0.15) is 5.60 Å². The van der Waals surface area contributed by atoms with Gasteiger partial charge in [-0.2, -0.15) is 0 Å². The molecule has 1 heterocycles. The van der Waals surface area contributed by atoms with Gasteiger partial charge in [-0.05, 0) is 50.3 Å². The molecule has 0 saturated heterocycles. The fourth-order valence-corrected chi connectivity index (χ4v) is 3.37. The third kappa shape index (κ3) is 3.18. The molecule has 1 atom stereocenters. The lowest BCUT2D eigenvalue weighted by Crippen LogP contribution is -2.26. The number of hydrogen-bond donors (Lipinski definition) is 1. The van der Waals surface area contributed by atoms with Crippen molar-refractivity contribution >= 4 is 11.7 Å². The zero-order valence-electron chi connectivity index (χ0n) is 14.1. The normalized spacial score (nSPS) is 19.7. The highest BCUT2D eigenvalue weighted by atomic mass is 16.7. The number of oxime groups is 1. The Labute approximate surface area is 141 Å². The van der Waals surface area contributed by atoms with Crippen molar-refractivity contribution in [2.45, 2.75) is 57.2 Å². The van der Waals surface area contributed by atoms with Crippen molar-refractivity contribution in [2.75, 3.05) is 7.11 Å². The lowest BCUT2D eigenvalue weighted by Gasteiger charge is -2.19. The molecule has 1 N–H and O–H groups in total. The molecule has 1 aromatic rings. The summed E-state index contributed by atoms with van der Waals surface area (Å²) < 4.78 is 10.9. The number of ether oxygens (including phenoxy) is 2. The monoisotopic (exact) mass is 333 g/mol. The van der Waals surface area contributed by atoms with E-state index in [-0.39, 0.29) is 5.60 Å². The highest BCUT2D eigenvalue weighted by Gasteiger charge is 2.42. The molecule has 130 valence electrons. The summed E-state index contributed by atoms with van der Waals surface area (Å²) in [7, 11) is 1.54. The first-order valence-electron chi connectivity index (χ1n) is 8.40. The zero-order valence-corrected chi connectivity index (χ0v) is 14.1. The summed E-state index contributed by atoms with van der Waals surface area (Å²) in [5, 5.41) is 13.5. The van der Waals surface area contributed by atoms with Gasteiger partial charge in [0.2, 0.25) is 0 Å². The maximum atomic E-state index is 11.2. The minimum Gasteiger partial charge on any atom is -0.493 e. The van der Waals surface area contributed by atoms with Crippen LogP contribution in [0.5, 0.6) is 11.5 Å². The SMILES string of the molecule is CCC(Oc1cc(C2=NOC3(CCCC3)C2)ccc1OC)C(=O)O. The average Bonchev–Trinajstić information content (AvgIpc) is 3.22. The summed E-state index contributed by atoms with van der Waals surface area (Å²) in [5.41, 5.74) is 1.63. The first-order chi connectivity index (χ1) is 11.6. The van der Waals surface area contributed by atoms with Gasteiger partial charge in [0.25, 0.3) is 0 Å². The highest BCUT2D eigenvalue weighted by Crippen LogP contribution is 2.41. The van der Waals surface area contributed by atoms with Crippen LogP contribution < -0.4 is 9.47 Å². The van der Waals surface area contributed by atoms with Crippen LogP contribution in [-0.2, 0) is 9.63 Å². The highest BCUT2D eigenvalue weighted by molar-refractivity contribution is 6.02. The second-order valence-electron chi connectivity index (χ2n) is 6.41. The van der Waals surface area contributed by atoms with Crippen LogP contribution in [0.3, 0.4) is 0 Å². The number of benzene rings is 1. The van der Waals surface area contributed by atoms with E-state index in [0.717, 1.165) is 30.5 Å². The molecule has 6 heteroatoms. The Morgan fingerprint density at radius 3 is 2.75 bits per heavy atom. The first kappa shape index (κ1) is 16.6. The third-order valence-corrected chi connectivity index (χ3v) is 4.77. The van der Waals surface area contributed by atoms with Crippen LogP contribution >= 0.6 is 0 Å². The summed E-state index contributed by atoms with van der Waals surface area (Å²) in [4.78, 5) is 17.0. The second kappa shape index (κ2) is 6.71. The van der Waals surface area contributed by atoms with Gasteiger partial charge < -0.3 is 19.4 Å². The molecule has 1 aromatic carbocycles. The Morgan fingerprint density at radius 2 is 2.12 bits per heavy atom. The first-order valence-corrected chi connectivity index (χ1v) is 8.40. The quantitative estimate of drug-likeness (QED) is 0.863. The van der Waals surface area contributed by atoms with Crippen LogP contribution in [0.4, 0.5) is 0 Å². The van der Waals surface area contributed by atoms with E-state index in [2.05, 4.69) is 5.16 Å². The summed E-state index contributed by atoms with van der Waals surface area (Å²) in [6.45, 7) is 1.77. The minimum absolute atomic E-state index is 0.136. The van der Waals surface area contributed by atoms with Crippen LogP contribution in [0.1, 0.15) is 51.0 Å². The van der Waals surface area contributed by atoms with Crippen LogP contribution in [0.15, 0.2) is 23.4 Å². The number of rotatable bonds is 6. The predicted molar refractivity (Wildman–Crippen MR) is 88.8 cm³/mol. The van der Waals surface area contributed by atoms with Crippen molar-refractivity contribution in [3.8, 4) is 11.5 Å². The molecule has 0 amide bonds. The molecular formula is C18H23NO5. The lowest BCUT2D eigenvalue weighted by atomic mass is 9.93. The Bertz CT molecular complexity index is 649. The summed E-state index contributed by atoms with van der Waals surface area (Å²) in [5.74, 6) is -0.0655. The minimum atomic E-state index is -0.989. The summed E-state index contributed by atoms with van der Waals surface area (Å²) in [6, 6.07) is 5.48. The van der Waals surface area contributed by atoms with Crippen LogP contribution in [0, 0.1) is 0 Å². The number of carboxylic acid groups (broad SMARTS) is 1. The Morgan fingerprint density at radius 1 is 1.38 bits per heavy atom. The summed E-state index contributed by atoms with van der Waals surface area (Å²) >= 11 is 0. The van der Waals surface area contributed by atoms with Crippen molar-refractivity contribution in [3.05, 3.63) is 23.8 Å². The predicted octanol–water partition coefficient (Wildman–Crippen LogP) is 3.37. The number of methoxy groups -OCH3 is 1. The maximum Gasteiger partial charge on any atom is 0.344 e. The van der Waals surface area contributed by atoms with Gasteiger partial charge >= 0.3 is 5.97 Å². The number of carboxylic acids is 1. The van der Waals surface area contributed by atoms with Crippen molar-refractivity contribution in [3.63, 3.8) is 0 Å². The summed E-state index contributed by atoms with van der Waals surface area (Å²) in [6.07, 6.45) is 4.68. The van der Waals surface area contributed by atoms with E-state index in [1.807, 2.05) is 6.07 Å². The van der Waals surface area contributed by atoms with E-state index in [9.17, 15) is 9.90 Å². The van der Waals surface area contributed by atoms with Gasteiger partial charge in [-0.1, -0.05) is 12.1 Å². The van der Waals surface area contributed by atoms with E-state index >= 15 is 0 Å². The van der Waals surface area contributed by atoms with Gasteiger partial charge in [-0.15, -0.1) is 0 Å². The Balaban J connectivity index is 1.82. The lowest BCUT2D eigenvalue weighted by molar-refractivity contribution is -0.145. The zero-order chi connectivity index (χ0) is 17.2. The molecule has 0 radical (unpaired) electrons. The topological polar surface area (TPSA) is 77.3 Å². The third-order valence-electron chi connectivity index (χ3n) is 4.77. The Hall–Kier alpha value is -2.24. The van der Waals surface area contributed by atoms with Crippen molar-refractivity contribution in [2.24, 2.45) is 5.16 Å². The van der Waals surface area contributed by atoms with Gasteiger partial charge in [0.05, 0.1) is 12.8 Å². The van der Waals surface area contributed by atoms with Crippen molar-refractivity contribution in [1.82, 2.24) is 0 Å². The largest absolute Gasteiger partial charge is 0.493 e. The van der Waals surface area contributed by atoms with Crippen LogP contribution in [-0.4, -0.2) is 35.6 Å². The standard InChI is InChI=1S/C18H23NO5/c1-3-14(17(20)21)23-16-10-12(6-7-15(16)22-2)13-11-18(24-19-13)8-4-5-9-18/h6-7,10,14H,3-5,8-9,11H2,1-2H3,(H,20,21). The molecule has 0 aromatic heterocycles. The number of carbonyl (C=O) groups is 1. The van der Waals surface area contributed by atoms with E-state index in [1.54, 1.807) is 19.1 Å². The van der Waals surface area contributed by atoms with E-state index in [0.29, 0.717) is 17.9 Å². The van der Waals surface area contributed by atoms with Crippen molar-refractivity contribution in [1.29, 1.82) is 0 Å². The molecule has 1 fully saturated rings. The van der Waals surface area contributed by atoms with Gasteiger partial charge in [0.15, 0.2) is 17.6 Å². The number of aliphatic carboxylic acids is 1. The fraction of sp³-hybridized carbons (Fsp3) is 0.556. The van der Waals surface area contributed by atoms with E-state index in [1.165, 1.54) is 20.0 Å². The molecule has 1 unspecified atom stereocenters. The van der Waals surface area contributed by atoms with Gasteiger partial charge in [-0.25, -0.2) is 4.79 Å². The molecule has 3 rings (SSSR count). The average molecular weight is 333 g/mol. The number of nitrogens with zero attached hydrogens (tertiary/aromatic N) is 1. The van der Waals surface area contributed by atoms with E-state index < -0.39 is 12.1 Å². The fourth-order valence-electron chi connectivity index (χ4n) is 3.37. The molecule has 1 spiro atoms. The molecule has 6 nitrogen and oxygen atoms in total. The molecule has 1 aliphatic carbocycles. The van der Waals surface area contributed by atoms with Crippen LogP contribution in [0.2, 0.25) is 0 Å². The van der Waals surface area contributed by atoms with E-state index in [4.69, 9.17) is 14.3 Å². The molecule has 0 bridgehead atoms. The molecule has 24 heavy (non-hydrogen) atoms. The smallest absolute Gasteiger partial charge is 0.344 e. The Kier molecular flexibility index (Phi) is 4.64. The second-order valence-corrected chi connectivity index (χ2v) is 6.41. The van der Waals surface area contributed by atoms with Gasteiger partial charge in [0, 0.05) is 12.0 Å². The van der Waals surface area contributed by atoms with Crippen LogP contribution in [0.25, 0.3) is 0 Å².